The van der Waals surface area contributed by atoms with E-state index in [0.717, 1.165) is 25.7 Å². The Kier molecular flexibility index (Phi) is 3.34. The Morgan fingerprint density at radius 1 is 1.21 bits per heavy atom. The maximum Gasteiger partial charge on any atom is 0.223 e. The normalized spacial score (nSPS) is 28.8. The topological polar surface area (TPSA) is 66.6 Å². The first kappa shape index (κ1) is 13.4. The molecule has 0 radical (unpaired) electrons. The van der Waals surface area contributed by atoms with Gasteiger partial charge < -0.3 is 15.7 Å². The molecule has 4 nitrogen and oxygen atoms in total. The Morgan fingerprint density at radius 2 is 1.84 bits per heavy atom. The van der Waals surface area contributed by atoms with Gasteiger partial charge in [0.1, 0.15) is 5.60 Å². The van der Waals surface area contributed by atoms with Crippen molar-refractivity contribution in [3.63, 3.8) is 0 Å². The van der Waals surface area contributed by atoms with Crippen molar-refractivity contribution in [1.82, 2.24) is 4.90 Å². The van der Waals surface area contributed by atoms with Gasteiger partial charge in [-0.3, -0.25) is 4.79 Å². The molecule has 3 aliphatic rings. The van der Waals surface area contributed by atoms with E-state index in [-0.39, 0.29) is 11.3 Å². The van der Waals surface area contributed by atoms with E-state index in [4.69, 9.17) is 5.73 Å². The molecule has 0 spiro atoms. The summed E-state index contributed by atoms with van der Waals surface area (Å²) in [4.78, 5) is 14.2. The van der Waals surface area contributed by atoms with E-state index in [1.807, 2.05) is 4.90 Å². The van der Waals surface area contributed by atoms with E-state index >= 15 is 0 Å². The van der Waals surface area contributed by atoms with Crippen molar-refractivity contribution >= 4 is 5.91 Å². The SMILES string of the molecule is NCC1(CC(=O)N2CC(O)(C3CC3)C2)CCCCC1. The van der Waals surface area contributed by atoms with E-state index in [9.17, 15) is 9.90 Å². The van der Waals surface area contributed by atoms with Crippen LogP contribution in [0.4, 0.5) is 0 Å². The molecule has 3 fully saturated rings. The number of amides is 1. The fraction of sp³-hybridized carbons (Fsp3) is 0.933. The highest BCUT2D eigenvalue weighted by Gasteiger charge is 2.53. The summed E-state index contributed by atoms with van der Waals surface area (Å²) in [6.45, 7) is 1.73. The van der Waals surface area contributed by atoms with Gasteiger partial charge in [-0.05, 0) is 43.6 Å². The first-order chi connectivity index (χ1) is 9.07. The number of nitrogens with zero attached hydrogens (tertiary/aromatic N) is 1. The van der Waals surface area contributed by atoms with Gasteiger partial charge in [-0.25, -0.2) is 0 Å². The van der Waals surface area contributed by atoms with Gasteiger partial charge in [0.25, 0.3) is 0 Å². The van der Waals surface area contributed by atoms with Crippen molar-refractivity contribution in [3.8, 4) is 0 Å². The summed E-state index contributed by atoms with van der Waals surface area (Å²) >= 11 is 0. The second-order valence-electron chi connectivity index (χ2n) is 7.07. The molecule has 1 saturated heterocycles. The molecular weight excluding hydrogens is 240 g/mol. The smallest absolute Gasteiger partial charge is 0.223 e. The van der Waals surface area contributed by atoms with Gasteiger partial charge in [0, 0.05) is 6.42 Å². The van der Waals surface area contributed by atoms with Crippen LogP contribution in [-0.4, -0.2) is 41.1 Å². The highest BCUT2D eigenvalue weighted by atomic mass is 16.3. The number of nitrogens with two attached hydrogens (primary N) is 1. The molecule has 1 aliphatic heterocycles. The second kappa shape index (κ2) is 4.74. The summed E-state index contributed by atoms with van der Waals surface area (Å²) in [5.41, 5.74) is 5.42. The lowest BCUT2D eigenvalue weighted by atomic mass is 9.71. The molecule has 3 N–H and O–H groups in total. The molecule has 3 rings (SSSR count). The zero-order chi connectivity index (χ0) is 13.5. The predicted octanol–water partition coefficient (Wildman–Crippen LogP) is 1.27. The maximum atomic E-state index is 12.3. The summed E-state index contributed by atoms with van der Waals surface area (Å²) in [6, 6.07) is 0. The minimum Gasteiger partial charge on any atom is -0.386 e. The van der Waals surface area contributed by atoms with Crippen LogP contribution in [0.1, 0.15) is 51.4 Å². The van der Waals surface area contributed by atoms with Gasteiger partial charge >= 0.3 is 0 Å². The quantitative estimate of drug-likeness (QED) is 0.805. The molecule has 0 unspecified atom stereocenters. The van der Waals surface area contributed by atoms with Crippen molar-refractivity contribution in [2.24, 2.45) is 17.1 Å². The molecule has 108 valence electrons. The first-order valence-corrected chi connectivity index (χ1v) is 7.77. The van der Waals surface area contributed by atoms with Crippen LogP contribution in [-0.2, 0) is 4.79 Å². The van der Waals surface area contributed by atoms with E-state index in [0.29, 0.717) is 32.0 Å². The van der Waals surface area contributed by atoms with Gasteiger partial charge in [0.15, 0.2) is 0 Å². The largest absolute Gasteiger partial charge is 0.386 e. The van der Waals surface area contributed by atoms with Gasteiger partial charge in [-0.1, -0.05) is 19.3 Å². The van der Waals surface area contributed by atoms with Crippen molar-refractivity contribution < 1.29 is 9.90 Å². The predicted molar refractivity (Wildman–Crippen MR) is 73.4 cm³/mol. The molecular formula is C15H26N2O2. The average Bonchev–Trinajstić information content (AvgIpc) is 3.20. The zero-order valence-electron chi connectivity index (χ0n) is 11.7. The Bertz CT molecular complexity index is 353. The molecule has 0 aromatic carbocycles. The number of β-amino-alcohol motifs (C(OH)–C–C–N with tert-alkyl or cyclic N) is 1. The monoisotopic (exact) mass is 266 g/mol. The van der Waals surface area contributed by atoms with Gasteiger partial charge in [0.2, 0.25) is 5.91 Å². The van der Waals surface area contributed by atoms with Gasteiger partial charge in [0.05, 0.1) is 13.1 Å². The number of carbonyl (C=O) groups excluding carboxylic acids is 1. The van der Waals surface area contributed by atoms with Gasteiger partial charge in [-0.2, -0.15) is 0 Å². The van der Waals surface area contributed by atoms with Crippen LogP contribution in [0.2, 0.25) is 0 Å². The zero-order valence-corrected chi connectivity index (χ0v) is 11.7. The van der Waals surface area contributed by atoms with Crippen LogP contribution in [0.5, 0.6) is 0 Å². The first-order valence-electron chi connectivity index (χ1n) is 7.77. The Labute approximate surface area is 115 Å². The van der Waals surface area contributed by atoms with Crippen LogP contribution >= 0.6 is 0 Å². The van der Waals surface area contributed by atoms with Crippen LogP contribution in [0.3, 0.4) is 0 Å². The molecule has 19 heavy (non-hydrogen) atoms. The number of rotatable bonds is 4. The van der Waals surface area contributed by atoms with Crippen molar-refractivity contribution in [3.05, 3.63) is 0 Å². The fourth-order valence-electron chi connectivity index (χ4n) is 3.86. The highest BCUT2D eigenvalue weighted by molar-refractivity contribution is 5.78. The minimum atomic E-state index is -0.557. The van der Waals surface area contributed by atoms with Crippen molar-refractivity contribution in [1.29, 1.82) is 0 Å². The number of hydrogen-bond donors (Lipinski definition) is 2. The minimum absolute atomic E-state index is 0.0443. The van der Waals surface area contributed by atoms with Crippen LogP contribution in [0, 0.1) is 11.3 Å². The molecule has 1 amide bonds. The molecule has 0 bridgehead atoms. The summed E-state index contributed by atoms with van der Waals surface area (Å²) < 4.78 is 0. The van der Waals surface area contributed by atoms with E-state index in [1.54, 1.807) is 0 Å². The fourth-order valence-corrected chi connectivity index (χ4v) is 3.86. The third-order valence-corrected chi connectivity index (χ3v) is 5.49. The molecule has 2 saturated carbocycles. The molecule has 0 atom stereocenters. The van der Waals surface area contributed by atoms with Crippen molar-refractivity contribution in [2.75, 3.05) is 19.6 Å². The standard InChI is InChI=1S/C15H26N2O2/c16-9-14(6-2-1-3-7-14)8-13(18)17-10-15(19,11-17)12-4-5-12/h12,19H,1-11,16H2. The lowest BCUT2D eigenvalue weighted by Crippen LogP contribution is -2.65. The van der Waals surface area contributed by atoms with E-state index in [2.05, 4.69) is 0 Å². The summed E-state index contributed by atoms with van der Waals surface area (Å²) in [5.74, 6) is 0.660. The maximum absolute atomic E-state index is 12.3. The summed E-state index contributed by atoms with van der Waals surface area (Å²) in [6.07, 6.45) is 8.72. The lowest BCUT2D eigenvalue weighted by molar-refractivity contribution is -0.162. The average molecular weight is 266 g/mol. The molecule has 4 heteroatoms. The Morgan fingerprint density at radius 3 is 2.37 bits per heavy atom. The molecule has 2 aliphatic carbocycles. The summed E-state index contributed by atoms with van der Waals surface area (Å²) in [7, 11) is 0. The molecule has 1 heterocycles. The van der Waals surface area contributed by atoms with Crippen LogP contribution < -0.4 is 5.73 Å². The van der Waals surface area contributed by atoms with Crippen molar-refractivity contribution in [2.45, 2.75) is 57.0 Å². The molecule has 0 aromatic rings. The number of hydrogen-bond acceptors (Lipinski definition) is 3. The third kappa shape index (κ3) is 2.52. The third-order valence-electron chi connectivity index (χ3n) is 5.49. The highest BCUT2D eigenvalue weighted by Crippen LogP contribution is 2.45. The van der Waals surface area contributed by atoms with E-state index in [1.165, 1.54) is 19.3 Å². The molecule has 0 aromatic heterocycles. The Hall–Kier alpha value is -0.610. The van der Waals surface area contributed by atoms with Crippen LogP contribution in [0.25, 0.3) is 0 Å². The van der Waals surface area contributed by atoms with Gasteiger partial charge in [-0.15, -0.1) is 0 Å². The summed E-state index contributed by atoms with van der Waals surface area (Å²) in [5, 5.41) is 10.3. The number of carbonyl (C=O) groups is 1. The second-order valence-corrected chi connectivity index (χ2v) is 7.07. The number of aliphatic hydroxyl groups is 1. The Balaban J connectivity index is 1.53. The number of likely N-dealkylation sites (tertiary alicyclic amines) is 1. The lowest BCUT2D eigenvalue weighted by Gasteiger charge is -2.48. The van der Waals surface area contributed by atoms with Crippen LogP contribution in [0.15, 0.2) is 0 Å². The van der Waals surface area contributed by atoms with E-state index < -0.39 is 5.60 Å².